The third-order valence-electron chi connectivity index (χ3n) is 2.88. The van der Waals surface area contributed by atoms with Gasteiger partial charge in [0.15, 0.2) is 5.69 Å². The molecule has 1 N–H and O–H groups in total. The second kappa shape index (κ2) is 5.71. The molecule has 7 heteroatoms. The fourth-order valence-electron chi connectivity index (χ4n) is 2.08. The summed E-state index contributed by atoms with van der Waals surface area (Å²) in [5.74, 6) is -1.63. The van der Waals surface area contributed by atoms with Gasteiger partial charge in [0.2, 0.25) is 0 Å². The van der Waals surface area contributed by atoms with Gasteiger partial charge in [-0.2, -0.15) is 0 Å². The summed E-state index contributed by atoms with van der Waals surface area (Å²) in [4.78, 5) is 15.4. The molecular formula is C14H9Cl2FN2O2. The largest absolute Gasteiger partial charge is 0.476 e. The molecule has 0 amide bonds. The molecule has 0 saturated heterocycles. The van der Waals surface area contributed by atoms with Crippen LogP contribution in [0.4, 0.5) is 4.39 Å². The first kappa shape index (κ1) is 15.3. The predicted molar refractivity (Wildman–Crippen MR) is 79.8 cm³/mol. The van der Waals surface area contributed by atoms with Gasteiger partial charge in [0.05, 0.1) is 10.7 Å². The van der Waals surface area contributed by atoms with Crippen LogP contribution in [0.3, 0.4) is 0 Å². The third-order valence-corrected chi connectivity index (χ3v) is 3.11. The summed E-state index contributed by atoms with van der Waals surface area (Å²) in [6, 6.07) is 8.92. The average Bonchev–Trinajstić information content (AvgIpc) is 2.77. The van der Waals surface area contributed by atoms with Crippen LogP contribution in [0.25, 0.3) is 16.9 Å². The molecule has 1 aromatic carbocycles. The van der Waals surface area contributed by atoms with Crippen molar-refractivity contribution >= 4 is 35.6 Å². The molecule has 0 bridgehead atoms. The Balaban J connectivity index is 0.00000161. The number of halogens is 3. The van der Waals surface area contributed by atoms with E-state index >= 15 is 0 Å². The van der Waals surface area contributed by atoms with Crippen LogP contribution in [0.5, 0.6) is 0 Å². The van der Waals surface area contributed by atoms with E-state index in [0.717, 1.165) is 0 Å². The van der Waals surface area contributed by atoms with Crippen LogP contribution in [-0.2, 0) is 0 Å². The molecule has 3 rings (SSSR count). The minimum absolute atomic E-state index is 0. The Morgan fingerprint density at radius 3 is 2.71 bits per heavy atom. The lowest BCUT2D eigenvalue weighted by atomic mass is 10.1. The van der Waals surface area contributed by atoms with Crippen molar-refractivity contribution in [3.05, 3.63) is 59.1 Å². The number of benzene rings is 1. The monoisotopic (exact) mass is 326 g/mol. The molecule has 2 heterocycles. The Bertz CT molecular complexity index is 833. The Hall–Kier alpha value is -2.11. The molecule has 0 aliphatic heterocycles. The molecule has 0 aliphatic rings. The van der Waals surface area contributed by atoms with E-state index in [1.165, 1.54) is 18.2 Å². The van der Waals surface area contributed by atoms with Gasteiger partial charge in [-0.15, -0.1) is 12.4 Å². The summed E-state index contributed by atoms with van der Waals surface area (Å²) in [5.41, 5.74) is 1.02. The van der Waals surface area contributed by atoms with Crippen molar-refractivity contribution in [2.45, 2.75) is 0 Å². The first-order chi connectivity index (χ1) is 9.56. The number of pyridine rings is 1. The number of carboxylic acid groups (broad SMARTS) is 1. The molecule has 0 radical (unpaired) electrons. The molecule has 4 nitrogen and oxygen atoms in total. The second-order valence-corrected chi connectivity index (χ2v) is 4.64. The maximum Gasteiger partial charge on any atom is 0.356 e. The van der Waals surface area contributed by atoms with Gasteiger partial charge in [0, 0.05) is 11.8 Å². The quantitative estimate of drug-likeness (QED) is 0.776. The average molecular weight is 327 g/mol. The number of imidazole rings is 1. The summed E-state index contributed by atoms with van der Waals surface area (Å²) >= 11 is 5.93. The number of nitrogens with zero attached hydrogens (tertiary/aromatic N) is 2. The van der Waals surface area contributed by atoms with Gasteiger partial charge in [-0.25, -0.2) is 14.2 Å². The lowest BCUT2D eigenvalue weighted by Crippen LogP contribution is -2.00. The molecule has 21 heavy (non-hydrogen) atoms. The number of aromatic carboxylic acids is 1. The smallest absolute Gasteiger partial charge is 0.356 e. The van der Waals surface area contributed by atoms with Gasteiger partial charge in [-0.3, -0.25) is 4.40 Å². The van der Waals surface area contributed by atoms with E-state index in [4.69, 9.17) is 11.6 Å². The minimum atomic E-state index is -1.18. The standard InChI is InChI=1S/C14H8ClFN2O2.ClH/c15-9-4-5-11-17-12(14(19)20)13(18(11)7-9)8-2-1-3-10(16)6-8;/h1-7H,(H,19,20);1H. The Labute approximate surface area is 130 Å². The third kappa shape index (κ3) is 2.70. The van der Waals surface area contributed by atoms with Gasteiger partial charge in [-0.1, -0.05) is 23.7 Å². The van der Waals surface area contributed by atoms with Gasteiger partial charge in [0.1, 0.15) is 11.5 Å². The van der Waals surface area contributed by atoms with E-state index < -0.39 is 11.8 Å². The fourth-order valence-corrected chi connectivity index (χ4v) is 2.24. The lowest BCUT2D eigenvalue weighted by molar-refractivity contribution is 0.0692. The van der Waals surface area contributed by atoms with Crippen LogP contribution >= 0.6 is 24.0 Å². The van der Waals surface area contributed by atoms with Crippen molar-refractivity contribution in [3.8, 4) is 11.3 Å². The summed E-state index contributed by atoms with van der Waals surface area (Å²) < 4.78 is 14.9. The molecule has 0 atom stereocenters. The van der Waals surface area contributed by atoms with Gasteiger partial charge in [-0.05, 0) is 24.3 Å². The van der Waals surface area contributed by atoms with Crippen molar-refractivity contribution in [2.24, 2.45) is 0 Å². The zero-order valence-electron chi connectivity index (χ0n) is 10.5. The number of aromatic nitrogens is 2. The van der Waals surface area contributed by atoms with Gasteiger partial charge in [0.25, 0.3) is 0 Å². The van der Waals surface area contributed by atoms with Crippen molar-refractivity contribution in [1.82, 2.24) is 9.38 Å². The molecule has 0 saturated carbocycles. The fraction of sp³-hybridized carbons (Fsp3) is 0. The second-order valence-electron chi connectivity index (χ2n) is 4.20. The number of fused-ring (bicyclic) bond motifs is 1. The van der Waals surface area contributed by atoms with Crippen LogP contribution in [-0.4, -0.2) is 20.5 Å². The highest BCUT2D eigenvalue weighted by Gasteiger charge is 2.20. The first-order valence-electron chi connectivity index (χ1n) is 5.73. The van der Waals surface area contributed by atoms with Crippen molar-refractivity contribution in [3.63, 3.8) is 0 Å². The van der Waals surface area contributed by atoms with Crippen LogP contribution in [0.2, 0.25) is 5.02 Å². The van der Waals surface area contributed by atoms with E-state index in [1.807, 2.05) is 0 Å². The maximum absolute atomic E-state index is 13.4. The molecule has 0 unspecified atom stereocenters. The number of rotatable bonds is 2. The van der Waals surface area contributed by atoms with Gasteiger partial charge < -0.3 is 5.11 Å². The predicted octanol–water partition coefficient (Wildman–Crippen LogP) is 3.91. The minimum Gasteiger partial charge on any atom is -0.476 e. The highest BCUT2D eigenvalue weighted by atomic mass is 35.5. The molecule has 3 aromatic rings. The van der Waals surface area contributed by atoms with Crippen molar-refractivity contribution < 1.29 is 14.3 Å². The van der Waals surface area contributed by atoms with Gasteiger partial charge >= 0.3 is 5.97 Å². The van der Waals surface area contributed by atoms with E-state index in [-0.39, 0.29) is 18.1 Å². The van der Waals surface area contributed by atoms with Crippen LogP contribution < -0.4 is 0 Å². The van der Waals surface area contributed by atoms with E-state index in [9.17, 15) is 14.3 Å². The highest BCUT2D eigenvalue weighted by Crippen LogP contribution is 2.27. The lowest BCUT2D eigenvalue weighted by Gasteiger charge is -2.04. The molecule has 108 valence electrons. The summed E-state index contributed by atoms with van der Waals surface area (Å²) in [6.07, 6.45) is 1.55. The molecule has 2 aromatic heterocycles. The molecule has 0 aliphatic carbocycles. The highest BCUT2D eigenvalue weighted by molar-refractivity contribution is 6.30. The molecule has 0 fully saturated rings. The molecule has 0 spiro atoms. The normalized spacial score (nSPS) is 10.4. The van der Waals surface area contributed by atoms with Crippen LogP contribution in [0, 0.1) is 5.82 Å². The van der Waals surface area contributed by atoms with E-state index in [0.29, 0.717) is 21.9 Å². The number of carbonyl (C=O) groups is 1. The Morgan fingerprint density at radius 1 is 1.29 bits per heavy atom. The summed E-state index contributed by atoms with van der Waals surface area (Å²) in [6.45, 7) is 0. The van der Waals surface area contributed by atoms with Crippen LogP contribution in [0.1, 0.15) is 10.5 Å². The number of hydrogen-bond donors (Lipinski definition) is 1. The first-order valence-corrected chi connectivity index (χ1v) is 6.11. The topological polar surface area (TPSA) is 54.6 Å². The number of hydrogen-bond acceptors (Lipinski definition) is 2. The van der Waals surface area contributed by atoms with Crippen molar-refractivity contribution in [2.75, 3.05) is 0 Å². The Kier molecular flexibility index (Phi) is 4.16. The maximum atomic E-state index is 13.4. The van der Waals surface area contributed by atoms with E-state index in [1.54, 1.807) is 28.8 Å². The zero-order valence-corrected chi connectivity index (χ0v) is 12.0. The van der Waals surface area contributed by atoms with E-state index in [2.05, 4.69) is 4.98 Å². The summed E-state index contributed by atoms with van der Waals surface area (Å²) in [5, 5.41) is 9.70. The summed E-state index contributed by atoms with van der Waals surface area (Å²) in [7, 11) is 0. The van der Waals surface area contributed by atoms with Crippen molar-refractivity contribution in [1.29, 1.82) is 0 Å². The molecular weight excluding hydrogens is 318 g/mol. The van der Waals surface area contributed by atoms with Crippen LogP contribution in [0.15, 0.2) is 42.6 Å². The zero-order chi connectivity index (χ0) is 14.3. The number of carboxylic acids is 1. The Morgan fingerprint density at radius 2 is 2.05 bits per heavy atom. The SMILES string of the molecule is Cl.O=C(O)c1nc2ccc(Cl)cn2c1-c1cccc(F)c1.